The van der Waals surface area contributed by atoms with Gasteiger partial charge in [-0.2, -0.15) is 18.4 Å². The Kier molecular flexibility index (Phi) is 4.34. The molecule has 2 aromatic rings. The lowest BCUT2D eigenvalue weighted by molar-refractivity contribution is -0.139. The minimum atomic E-state index is -4.83. The Morgan fingerprint density at radius 3 is 2.62 bits per heavy atom. The average molecular weight is 336 g/mol. The molecule has 1 N–H and O–H groups in total. The van der Waals surface area contributed by atoms with Crippen molar-refractivity contribution in [2.24, 2.45) is 0 Å². The van der Waals surface area contributed by atoms with E-state index >= 15 is 0 Å². The maximum Gasteiger partial charge on any atom is 0.419 e. The number of rotatable bonds is 3. The van der Waals surface area contributed by atoms with Crippen molar-refractivity contribution in [2.45, 2.75) is 12.7 Å². The molecule has 0 amide bonds. The van der Waals surface area contributed by atoms with Crippen LogP contribution in [0, 0.1) is 17.1 Å². The van der Waals surface area contributed by atoms with Gasteiger partial charge >= 0.3 is 6.18 Å². The minimum Gasteiger partial charge on any atom is -0.377 e. The topological polar surface area (TPSA) is 48.7 Å². The molecule has 0 saturated carbocycles. The van der Waals surface area contributed by atoms with Crippen LogP contribution in [0.15, 0.2) is 18.3 Å². The van der Waals surface area contributed by atoms with Gasteiger partial charge in [-0.3, -0.25) is 0 Å². The molecule has 0 atom stereocenters. The van der Waals surface area contributed by atoms with Gasteiger partial charge in [0, 0.05) is 11.1 Å². The van der Waals surface area contributed by atoms with E-state index in [-0.39, 0.29) is 16.6 Å². The van der Waals surface area contributed by atoms with Crippen LogP contribution in [0.4, 0.5) is 23.2 Å². The molecule has 9 heteroatoms. The fourth-order valence-electron chi connectivity index (χ4n) is 1.60. The molecule has 0 spiro atoms. The molecule has 2 rings (SSSR count). The van der Waals surface area contributed by atoms with Crippen LogP contribution in [-0.4, -0.2) is 4.98 Å². The second kappa shape index (κ2) is 5.87. The van der Waals surface area contributed by atoms with E-state index in [4.69, 9.17) is 16.9 Å². The highest BCUT2D eigenvalue weighted by atomic mass is 35.5. The van der Waals surface area contributed by atoms with Crippen molar-refractivity contribution in [1.29, 1.82) is 5.26 Å². The summed E-state index contributed by atoms with van der Waals surface area (Å²) >= 11 is 6.72. The van der Waals surface area contributed by atoms with Gasteiger partial charge in [0.05, 0.1) is 23.4 Å². The molecule has 0 aliphatic rings. The summed E-state index contributed by atoms with van der Waals surface area (Å²) in [6, 6.07) is 3.12. The summed E-state index contributed by atoms with van der Waals surface area (Å²) in [5.41, 5.74) is -2.13. The molecule has 0 radical (unpaired) electrons. The van der Waals surface area contributed by atoms with Crippen molar-refractivity contribution in [2.75, 3.05) is 5.32 Å². The fourth-order valence-corrected chi connectivity index (χ4v) is 2.52. The third-order valence-corrected chi connectivity index (χ3v) is 3.65. The SMILES string of the molecule is N#Cc1ccc(C(F)(F)F)c(F)c1NCc1cnc(Cl)s1. The van der Waals surface area contributed by atoms with Gasteiger partial charge in [0.1, 0.15) is 6.07 Å². The number of aromatic nitrogens is 1. The van der Waals surface area contributed by atoms with Crippen LogP contribution in [-0.2, 0) is 12.7 Å². The summed E-state index contributed by atoms with van der Waals surface area (Å²) in [5.74, 6) is -1.50. The molecule has 0 saturated heterocycles. The van der Waals surface area contributed by atoms with Gasteiger partial charge in [-0.05, 0) is 12.1 Å². The number of nitrogens with zero attached hydrogens (tertiary/aromatic N) is 2. The van der Waals surface area contributed by atoms with Gasteiger partial charge < -0.3 is 5.32 Å². The summed E-state index contributed by atoms with van der Waals surface area (Å²) in [4.78, 5) is 4.35. The molecule has 21 heavy (non-hydrogen) atoms. The lowest BCUT2D eigenvalue weighted by atomic mass is 10.1. The van der Waals surface area contributed by atoms with Crippen LogP contribution in [0.3, 0.4) is 0 Å². The minimum absolute atomic E-state index is 0.0112. The molecule has 1 heterocycles. The van der Waals surface area contributed by atoms with Crippen molar-refractivity contribution in [3.8, 4) is 6.07 Å². The van der Waals surface area contributed by atoms with E-state index in [2.05, 4.69) is 10.3 Å². The maximum absolute atomic E-state index is 14.0. The van der Waals surface area contributed by atoms with Crippen molar-refractivity contribution in [3.05, 3.63) is 44.6 Å². The Balaban J connectivity index is 2.34. The molecule has 0 fully saturated rings. The van der Waals surface area contributed by atoms with E-state index in [0.717, 1.165) is 17.4 Å². The Bertz CT molecular complexity index is 706. The van der Waals surface area contributed by atoms with Crippen LogP contribution < -0.4 is 5.32 Å². The molecule has 0 aliphatic heterocycles. The number of thiazole rings is 1. The van der Waals surface area contributed by atoms with E-state index in [9.17, 15) is 17.6 Å². The molecular formula is C12H6ClF4N3S. The monoisotopic (exact) mass is 335 g/mol. The first-order valence-corrected chi connectivity index (χ1v) is 6.66. The zero-order chi connectivity index (χ0) is 15.6. The molecule has 1 aromatic heterocycles. The van der Waals surface area contributed by atoms with Gasteiger partial charge in [0.15, 0.2) is 10.3 Å². The maximum atomic E-state index is 14.0. The molecule has 0 aliphatic carbocycles. The molecule has 110 valence electrons. The molecular weight excluding hydrogens is 330 g/mol. The summed E-state index contributed by atoms with van der Waals surface area (Å²) in [6.45, 7) is 0.0112. The largest absolute Gasteiger partial charge is 0.419 e. The summed E-state index contributed by atoms with van der Waals surface area (Å²) in [6.07, 6.45) is -3.42. The van der Waals surface area contributed by atoms with Gasteiger partial charge in [-0.1, -0.05) is 11.6 Å². The van der Waals surface area contributed by atoms with Crippen LogP contribution in [0.5, 0.6) is 0 Å². The standard InChI is InChI=1S/C12H6ClF4N3S/c13-11-20-5-7(21-11)4-19-10-6(3-18)1-2-8(9(10)14)12(15,16)17/h1-2,5,19H,4H2. The summed E-state index contributed by atoms with van der Waals surface area (Å²) in [5, 5.41) is 11.4. The number of benzene rings is 1. The van der Waals surface area contributed by atoms with E-state index in [1.54, 1.807) is 6.07 Å². The molecule has 1 aromatic carbocycles. The van der Waals surface area contributed by atoms with E-state index < -0.39 is 23.2 Å². The van der Waals surface area contributed by atoms with Gasteiger partial charge in [0.25, 0.3) is 0 Å². The van der Waals surface area contributed by atoms with Crippen LogP contribution in [0.25, 0.3) is 0 Å². The Morgan fingerprint density at radius 1 is 1.38 bits per heavy atom. The Morgan fingerprint density at radius 2 is 2.10 bits per heavy atom. The third-order valence-electron chi connectivity index (χ3n) is 2.53. The lowest BCUT2D eigenvalue weighted by Gasteiger charge is -2.13. The number of nitrogens with one attached hydrogen (secondary N) is 1. The number of nitriles is 1. The van der Waals surface area contributed by atoms with Gasteiger partial charge in [-0.15, -0.1) is 11.3 Å². The first kappa shape index (κ1) is 15.5. The predicted molar refractivity (Wildman–Crippen MR) is 70.6 cm³/mol. The number of alkyl halides is 3. The number of hydrogen-bond donors (Lipinski definition) is 1. The number of halogens is 5. The normalized spacial score (nSPS) is 11.2. The van der Waals surface area contributed by atoms with Crippen molar-refractivity contribution < 1.29 is 17.6 Å². The highest BCUT2D eigenvalue weighted by Gasteiger charge is 2.35. The molecule has 0 unspecified atom stereocenters. The highest BCUT2D eigenvalue weighted by molar-refractivity contribution is 7.15. The van der Waals surface area contributed by atoms with E-state index in [1.807, 2.05) is 0 Å². The third kappa shape index (κ3) is 3.43. The summed E-state index contributed by atoms with van der Waals surface area (Å²) in [7, 11) is 0. The van der Waals surface area contributed by atoms with Crippen molar-refractivity contribution in [1.82, 2.24) is 4.98 Å². The van der Waals surface area contributed by atoms with Gasteiger partial charge in [-0.25, -0.2) is 9.37 Å². The quantitative estimate of drug-likeness (QED) is 0.844. The van der Waals surface area contributed by atoms with E-state index in [0.29, 0.717) is 10.9 Å². The smallest absolute Gasteiger partial charge is 0.377 e. The average Bonchev–Trinajstić information content (AvgIpc) is 2.81. The Hall–Kier alpha value is -1.85. The zero-order valence-electron chi connectivity index (χ0n) is 10.1. The number of hydrogen-bond acceptors (Lipinski definition) is 4. The molecule has 3 nitrogen and oxygen atoms in total. The second-order valence-electron chi connectivity index (χ2n) is 3.89. The first-order valence-electron chi connectivity index (χ1n) is 5.47. The van der Waals surface area contributed by atoms with Gasteiger partial charge in [0.2, 0.25) is 0 Å². The van der Waals surface area contributed by atoms with Crippen LogP contribution in [0.1, 0.15) is 16.0 Å². The van der Waals surface area contributed by atoms with Crippen LogP contribution in [0.2, 0.25) is 4.47 Å². The molecule has 0 bridgehead atoms. The fraction of sp³-hybridized carbons (Fsp3) is 0.167. The lowest BCUT2D eigenvalue weighted by Crippen LogP contribution is -2.12. The Labute approximate surface area is 125 Å². The highest BCUT2D eigenvalue weighted by Crippen LogP contribution is 2.35. The van der Waals surface area contributed by atoms with E-state index in [1.165, 1.54) is 6.20 Å². The van der Waals surface area contributed by atoms with Crippen molar-refractivity contribution in [3.63, 3.8) is 0 Å². The van der Waals surface area contributed by atoms with Crippen LogP contribution >= 0.6 is 22.9 Å². The van der Waals surface area contributed by atoms with Crippen molar-refractivity contribution >= 4 is 28.6 Å². The summed E-state index contributed by atoms with van der Waals surface area (Å²) < 4.78 is 52.2. The number of anilines is 1. The second-order valence-corrected chi connectivity index (χ2v) is 5.59. The zero-order valence-corrected chi connectivity index (χ0v) is 11.7. The predicted octanol–water partition coefficient (Wildman–Crippen LogP) is 4.44. The first-order chi connectivity index (χ1) is 9.82.